The molecule has 1 aromatic rings. The maximum Gasteiger partial charge on any atom is 0.253 e. The largest absolute Gasteiger partial charge is 0.366 e. The Kier molecular flexibility index (Phi) is 3.95. The van der Waals surface area contributed by atoms with Crippen LogP contribution >= 0.6 is 23.2 Å². The van der Waals surface area contributed by atoms with E-state index in [-0.39, 0.29) is 11.8 Å². The van der Waals surface area contributed by atoms with Crippen molar-refractivity contribution in [3.63, 3.8) is 0 Å². The van der Waals surface area contributed by atoms with Crippen molar-refractivity contribution < 1.29 is 14.3 Å². The molecular formula is C16H17Cl2N3O3. The Morgan fingerprint density at radius 1 is 1.33 bits per heavy atom. The van der Waals surface area contributed by atoms with Crippen LogP contribution in [0.4, 0.5) is 5.69 Å². The molecule has 0 radical (unpaired) electrons. The highest BCUT2D eigenvalue weighted by Gasteiger charge is 2.53. The molecule has 2 fully saturated rings. The van der Waals surface area contributed by atoms with E-state index in [1.165, 1.54) is 0 Å². The maximum absolute atomic E-state index is 12.7. The van der Waals surface area contributed by atoms with Crippen molar-refractivity contribution in [3.05, 3.63) is 27.7 Å². The van der Waals surface area contributed by atoms with E-state index >= 15 is 0 Å². The second-order valence-corrected chi connectivity index (χ2v) is 7.24. The van der Waals surface area contributed by atoms with Crippen LogP contribution in [0.25, 0.3) is 0 Å². The van der Waals surface area contributed by atoms with Gasteiger partial charge in [-0.15, -0.1) is 0 Å². The second kappa shape index (κ2) is 5.88. The van der Waals surface area contributed by atoms with Crippen LogP contribution in [0.3, 0.4) is 0 Å². The zero-order chi connectivity index (χ0) is 16.9. The number of rotatable bonds is 1. The van der Waals surface area contributed by atoms with E-state index in [0.29, 0.717) is 48.4 Å². The first kappa shape index (κ1) is 16.1. The first-order chi connectivity index (χ1) is 11.5. The van der Waals surface area contributed by atoms with Crippen LogP contribution in [-0.4, -0.2) is 55.6 Å². The Bertz CT molecular complexity index is 721. The zero-order valence-corrected chi connectivity index (χ0v) is 14.4. The fraction of sp³-hybridized carbons (Fsp3) is 0.500. The third kappa shape index (κ3) is 2.40. The van der Waals surface area contributed by atoms with Crippen LogP contribution in [0.5, 0.6) is 0 Å². The molecule has 0 saturated carbocycles. The topological polar surface area (TPSA) is 70.7 Å². The predicted octanol–water partition coefficient (Wildman–Crippen LogP) is 1.40. The van der Waals surface area contributed by atoms with Gasteiger partial charge in [0, 0.05) is 31.9 Å². The molecule has 2 N–H and O–H groups in total. The molecule has 3 heterocycles. The van der Waals surface area contributed by atoms with Gasteiger partial charge in [-0.05, 0) is 24.1 Å². The second-order valence-electron chi connectivity index (χ2n) is 6.42. The van der Waals surface area contributed by atoms with Crippen LogP contribution in [0.1, 0.15) is 12.0 Å². The number of fused-ring (bicyclic) bond motifs is 2. The summed E-state index contributed by atoms with van der Waals surface area (Å²) in [6, 6.07) is 3.41. The van der Waals surface area contributed by atoms with Gasteiger partial charge in [0.05, 0.1) is 22.1 Å². The molecule has 2 saturated heterocycles. The average Bonchev–Trinajstić information content (AvgIpc) is 3.13. The third-order valence-corrected chi connectivity index (χ3v) is 5.77. The Morgan fingerprint density at radius 2 is 2.12 bits per heavy atom. The molecule has 2 amide bonds. The van der Waals surface area contributed by atoms with Crippen LogP contribution in [0.2, 0.25) is 10.0 Å². The molecule has 8 heteroatoms. The average molecular weight is 370 g/mol. The van der Waals surface area contributed by atoms with Crippen LogP contribution in [0, 0.1) is 0 Å². The number of amides is 2. The fourth-order valence-electron chi connectivity index (χ4n) is 3.74. The van der Waals surface area contributed by atoms with Gasteiger partial charge in [0.1, 0.15) is 6.10 Å². The molecule has 2 atom stereocenters. The number of nitrogens with zero attached hydrogens (tertiary/aromatic N) is 1. The minimum absolute atomic E-state index is 0.0691. The molecule has 0 bridgehead atoms. The van der Waals surface area contributed by atoms with Gasteiger partial charge in [-0.1, -0.05) is 23.2 Å². The van der Waals surface area contributed by atoms with E-state index in [1.807, 2.05) is 0 Å². The van der Waals surface area contributed by atoms with E-state index in [9.17, 15) is 9.59 Å². The number of morpholine rings is 1. The van der Waals surface area contributed by atoms with E-state index < -0.39 is 11.5 Å². The molecule has 3 aliphatic rings. The molecule has 6 nitrogen and oxygen atoms in total. The van der Waals surface area contributed by atoms with Crippen molar-refractivity contribution in [3.8, 4) is 0 Å². The molecule has 3 aliphatic heterocycles. The predicted molar refractivity (Wildman–Crippen MR) is 90.6 cm³/mol. The molecule has 0 unspecified atom stereocenters. The van der Waals surface area contributed by atoms with Gasteiger partial charge in [-0.25, -0.2) is 0 Å². The summed E-state index contributed by atoms with van der Waals surface area (Å²) in [5.74, 6) is -0.172. The molecule has 4 rings (SSSR count). The number of likely N-dealkylation sites (tertiary alicyclic amines) is 1. The van der Waals surface area contributed by atoms with Gasteiger partial charge >= 0.3 is 0 Å². The number of ether oxygens (including phenoxy) is 1. The lowest BCUT2D eigenvalue weighted by Crippen LogP contribution is -2.50. The number of hydrogen-bond donors (Lipinski definition) is 2. The van der Waals surface area contributed by atoms with Crippen LogP contribution in [-0.2, 0) is 19.7 Å². The number of halogens is 2. The van der Waals surface area contributed by atoms with Crippen molar-refractivity contribution in [1.29, 1.82) is 0 Å². The van der Waals surface area contributed by atoms with Gasteiger partial charge in [0.25, 0.3) is 5.91 Å². The summed E-state index contributed by atoms with van der Waals surface area (Å²) >= 11 is 12.2. The molecule has 0 aliphatic carbocycles. The Labute approximate surface area is 149 Å². The Hall–Kier alpha value is -1.34. The number of anilines is 1. The molecule has 1 spiro atoms. The fourth-order valence-corrected chi connectivity index (χ4v) is 4.07. The van der Waals surface area contributed by atoms with E-state index in [2.05, 4.69) is 10.6 Å². The molecular weight excluding hydrogens is 353 g/mol. The van der Waals surface area contributed by atoms with Crippen molar-refractivity contribution in [2.75, 3.05) is 38.1 Å². The van der Waals surface area contributed by atoms with Crippen LogP contribution in [0.15, 0.2) is 12.1 Å². The van der Waals surface area contributed by atoms with Crippen molar-refractivity contribution >= 4 is 40.7 Å². The lowest BCUT2D eigenvalue weighted by atomic mass is 9.81. The molecule has 128 valence electrons. The SMILES string of the molecule is O=C([C@@H]1CNCCO1)N1CC[C@]2(C1)C(=O)Nc1cc(Cl)c(Cl)cc12. The number of carbonyl (C=O) groups is 2. The number of benzene rings is 1. The summed E-state index contributed by atoms with van der Waals surface area (Å²) in [5, 5.41) is 6.84. The number of carbonyl (C=O) groups excluding carboxylic acids is 2. The van der Waals surface area contributed by atoms with Crippen molar-refractivity contribution in [1.82, 2.24) is 10.2 Å². The summed E-state index contributed by atoms with van der Waals surface area (Å²) in [6.45, 7) is 2.64. The van der Waals surface area contributed by atoms with E-state index in [0.717, 1.165) is 12.1 Å². The van der Waals surface area contributed by atoms with Crippen molar-refractivity contribution in [2.45, 2.75) is 17.9 Å². The van der Waals surface area contributed by atoms with Gasteiger partial charge < -0.3 is 20.3 Å². The van der Waals surface area contributed by atoms with Crippen molar-refractivity contribution in [2.24, 2.45) is 0 Å². The maximum atomic E-state index is 12.7. The quantitative estimate of drug-likeness (QED) is 0.784. The first-order valence-electron chi connectivity index (χ1n) is 7.93. The first-order valence-corrected chi connectivity index (χ1v) is 8.69. The standard InChI is InChI=1S/C16H17Cl2N3O3/c17-10-5-9-12(6-11(10)18)20-15(23)16(9)1-3-21(8-16)14(22)13-7-19-2-4-24-13/h5-6,13,19H,1-4,7-8H2,(H,20,23)/t13-,16+/m0/s1. The normalized spacial score (nSPS) is 29.0. The summed E-state index contributed by atoms with van der Waals surface area (Å²) < 4.78 is 5.54. The van der Waals surface area contributed by atoms with Crippen LogP contribution < -0.4 is 10.6 Å². The van der Waals surface area contributed by atoms with Gasteiger partial charge in [0.2, 0.25) is 5.91 Å². The summed E-state index contributed by atoms with van der Waals surface area (Å²) in [6.07, 6.45) is 0.0852. The number of nitrogens with one attached hydrogen (secondary N) is 2. The Morgan fingerprint density at radius 3 is 2.88 bits per heavy atom. The monoisotopic (exact) mass is 369 g/mol. The van der Waals surface area contributed by atoms with E-state index in [1.54, 1.807) is 17.0 Å². The molecule has 1 aromatic carbocycles. The summed E-state index contributed by atoms with van der Waals surface area (Å²) in [4.78, 5) is 27.0. The Balaban J connectivity index is 1.61. The van der Waals surface area contributed by atoms with Gasteiger partial charge in [-0.2, -0.15) is 0 Å². The summed E-state index contributed by atoms with van der Waals surface area (Å²) in [5.41, 5.74) is 0.751. The highest BCUT2D eigenvalue weighted by atomic mass is 35.5. The minimum Gasteiger partial charge on any atom is -0.366 e. The lowest BCUT2D eigenvalue weighted by molar-refractivity contribution is -0.144. The lowest BCUT2D eigenvalue weighted by Gasteiger charge is -2.28. The highest BCUT2D eigenvalue weighted by molar-refractivity contribution is 6.42. The third-order valence-electron chi connectivity index (χ3n) is 5.04. The van der Waals surface area contributed by atoms with Gasteiger partial charge in [0.15, 0.2) is 0 Å². The highest BCUT2D eigenvalue weighted by Crippen LogP contribution is 2.46. The van der Waals surface area contributed by atoms with E-state index in [4.69, 9.17) is 27.9 Å². The minimum atomic E-state index is -0.749. The molecule has 0 aromatic heterocycles. The zero-order valence-electron chi connectivity index (χ0n) is 12.9. The van der Waals surface area contributed by atoms with Gasteiger partial charge in [-0.3, -0.25) is 9.59 Å². The smallest absolute Gasteiger partial charge is 0.253 e. The molecule has 24 heavy (non-hydrogen) atoms. The number of hydrogen-bond acceptors (Lipinski definition) is 4. The summed E-state index contributed by atoms with van der Waals surface area (Å²) in [7, 11) is 0.